The lowest BCUT2D eigenvalue weighted by molar-refractivity contribution is 0.770. The average molecular weight is 230 g/mol. The Morgan fingerprint density at radius 1 is 1.11 bits per heavy atom. The maximum Gasteiger partial charge on any atom is 0.164 e. The van der Waals surface area contributed by atoms with Gasteiger partial charge in [-0.1, -0.05) is 46.4 Å². The molecule has 0 N–H and O–H groups in total. The molecule has 0 aliphatic carbocycles. The quantitative estimate of drug-likeness (QED) is 0.636. The summed E-state index contributed by atoms with van der Waals surface area (Å²) in [5, 5.41) is 0. The SMILES string of the molecule is CC(Cl)(Cl)C(Cl)(Cl)CCl. The van der Waals surface area contributed by atoms with Crippen LogP contribution in [0, 0.1) is 0 Å². The molecule has 0 bridgehead atoms. The predicted molar refractivity (Wildman–Crippen MR) is 45.3 cm³/mol. The number of halogens is 5. The van der Waals surface area contributed by atoms with Crippen LogP contribution in [0.5, 0.6) is 0 Å². The molecule has 0 aromatic rings. The molecular weight excluding hydrogens is 225 g/mol. The lowest BCUT2D eigenvalue weighted by Crippen LogP contribution is -2.34. The van der Waals surface area contributed by atoms with Crippen LogP contribution in [-0.2, 0) is 0 Å². The third-order valence-corrected chi connectivity index (χ3v) is 3.54. The van der Waals surface area contributed by atoms with Crippen molar-refractivity contribution in [3.63, 3.8) is 0 Å². The van der Waals surface area contributed by atoms with Gasteiger partial charge in [0.2, 0.25) is 0 Å². The Labute approximate surface area is 79.4 Å². The summed E-state index contributed by atoms with van der Waals surface area (Å²) >= 11 is 27.6. The van der Waals surface area contributed by atoms with Gasteiger partial charge in [0, 0.05) is 0 Å². The fraction of sp³-hybridized carbons (Fsp3) is 1.00. The predicted octanol–water partition coefficient (Wildman–Crippen LogP) is 3.59. The second kappa shape index (κ2) is 3.23. The minimum absolute atomic E-state index is 0.000386. The average Bonchev–Trinajstić information content (AvgIpc) is 1.64. The Morgan fingerprint density at radius 2 is 1.44 bits per heavy atom. The van der Waals surface area contributed by atoms with Crippen molar-refractivity contribution in [2.75, 3.05) is 5.88 Å². The van der Waals surface area contributed by atoms with Gasteiger partial charge in [0.05, 0.1) is 5.88 Å². The zero-order chi connectivity index (χ0) is 7.71. The van der Waals surface area contributed by atoms with Crippen molar-refractivity contribution < 1.29 is 0 Å². The summed E-state index contributed by atoms with van der Waals surface area (Å²) in [6, 6.07) is 0. The first-order valence-corrected chi connectivity index (χ1v) is 4.17. The Morgan fingerprint density at radius 3 is 1.44 bits per heavy atom. The summed E-state index contributed by atoms with van der Waals surface area (Å²) in [6.45, 7) is 1.48. The third-order valence-electron chi connectivity index (χ3n) is 0.810. The van der Waals surface area contributed by atoms with E-state index >= 15 is 0 Å². The van der Waals surface area contributed by atoms with Gasteiger partial charge in [-0.05, 0) is 6.92 Å². The standard InChI is InChI=1S/C4H5Cl5/c1-3(6,7)4(8,9)2-5/h2H2,1H3. The number of hydrogen-bond donors (Lipinski definition) is 0. The van der Waals surface area contributed by atoms with Crippen molar-refractivity contribution >= 4 is 58.0 Å². The molecule has 56 valence electrons. The van der Waals surface area contributed by atoms with Crippen molar-refractivity contribution in [3.8, 4) is 0 Å². The number of alkyl halides is 5. The van der Waals surface area contributed by atoms with E-state index in [0.717, 1.165) is 0 Å². The molecule has 0 unspecified atom stereocenters. The van der Waals surface area contributed by atoms with Crippen LogP contribution in [0.2, 0.25) is 0 Å². The molecule has 0 saturated heterocycles. The molecule has 0 fully saturated rings. The fourth-order valence-electron chi connectivity index (χ4n) is 0.117. The fourth-order valence-corrected chi connectivity index (χ4v) is 0.655. The normalized spacial score (nSPS) is 14.0. The van der Waals surface area contributed by atoms with Gasteiger partial charge in [-0.2, -0.15) is 0 Å². The molecule has 0 nitrogen and oxygen atoms in total. The monoisotopic (exact) mass is 228 g/mol. The van der Waals surface area contributed by atoms with E-state index in [1.54, 1.807) is 0 Å². The van der Waals surface area contributed by atoms with E-state index in [0.29, 0.717) is 0 Å². The number of rotatable bonds is 2. The third kappa shape index (κ3) is 2.90. The first-order valence-electron chi connectivity index (χ1n) is 2.13. The van der Waals surface area contributed by atoms with Gasteiger partial charge in [-0.25, -0.2) is 0 Å². The maximum atomic E-state index is 5.57. The van der Waals surface area contributed by atoms with Crippen LogP contribution in [0.15, 0.2) is 0 Å². The molecule has 0 aliphatic rings. The van der Waals surface area contributed by atoms with Crippen LogP contribution in [0.1, 0.15) is 6.92 Å². The molecular formula is C4H5Cl5. The van der Waals surface area contributed by atoms with Crippen molar-refractivity contribution in [2.24, 2.45) is 0 Å². The van der Waals surface area contributed by atoms with E-state index in [1.165, 1.54) is 6.92 Å². The van der Waals surface area contributed by atoms with Crippen molar-refractivity contribution in [3.05, 3.63) is 0 Å². The van der Waals surface area contributed by atoms with Gasteiger partial charge in [0.1, 0.15) is 4.33 Å². The summed E-state index contributed by atoms with van der Waals surface area (Å²) in [7, 11) is 0. The Bertz CT molecular complexity index is 91.6. The second-order valence-electron chi connectivity index (χ2n) is 1.73. The Balaban J connectivity index is 4.14. The molecule has 0 heterocycles. The highest BCUT2D eigenvalue weighted by Crippen LogP contribution is 2.42. The minimum Gasteiger partial charge on any atom is -0.123 e. The molecule has 0 aliphatic heterocycles. The summed E-state index contributed by atoms with van der Waals surface area (Å²) in [6.07, 6.45) is 0. The number of hydrogen-bond acceptors (Lipinski definition) is 0. The van der Waals surface area contributed by atoms with Gasteiger partial charge < -0.3 is 0 Å². The molecule has 0 aromatic heterocycles. The van der Waals surface area contributed by atoms with Crippen molar-refractivity contribution in [1.82, 2.24) is 0 Å². The van der Waals surface area contributed by atoms with Crippen LogP contribution in [0.3, 0.4) is 0 Å². The van der Waals surface area contributed by atoms with Gasteiger partial charge in [-0.3, -0.25) is 0 Å². The van der Waals surface area contributed by atoms with E-state index in [2.05, 4.69) is 0 Å². The molecule has 0 rings (SSSR count). The molecule has 0 spiro atoms. The first kappa shape index (κ1) is 10.4. The Kier molecular flexibility index (Phi) is 3.75. The largest absolute Gasteiger partial charge is 0.164 e. The molecule has 5 heteroatoms. The summed E-state index contributed by atoms with van der Waals surface area (Å²) < 4.78 is -2.49. The first-order chi connectivity index (χ1) is 3.81. The summed E-state index contributed by atoms with van der Waals surface area (Å²) in [4.78, 5) is 0. The van der Waals surface area contributed by atoms with Crippen LogP contribution < -0.4 is 0 Å². The highest BCUT2D eigenvalue weighted by molar-refractivity contribution is 6.63. The maximum absolute atomic E-state index is 5.57. The zero-order valence-electron chi connectivity index (χ0n) is 4.60. The van der Waals surface area contributed by atoms with E-state index in [1.807, 2.05) is 0 Å². The highest BCUT2D eigenvalue weighted by atomic mass is 35.5. The van der Waals surface area contributed by atoms with E-state index in [-0.39, 0.29) is 5.88 Å². The summed E-state index contributed by atoms with van der Waals surface area (Å²) in [5.41, 5.74) is 0. The van der Waals surface area contributed by atoms with Gasteiger partial charge in [0.15, 0.2) is 4.33 Å². The van der Waals surface area contributed by atoms with Gasteiger partial charge in [0.25, 0.3) is 0 Å². The Hall–Kier alpha value is 1.45. The summed E-state index contributed by atoms with van der Waals surface area (Å²) in [5.74, 6) is -0.000386. The molecule has 0 amide bonds. The van der Waals surface area contributed by atoms with Crippen molar-refractivity contribution in [2.45, 2.75) is 15.6 Å². The molecule has 9 heavy (non-hydrogen) atoms. The lowest BCUT2D eigenvalue weighted by Gasteiger charge is -2.26. The van der Waals surface area contributed by atoms with E-state index in [9.17, 15) is 0 Å². The highest BCUT2D eigenvalue weighted by Gasteiger charge is 2.42. The van der Waals surface area contributed by atoms with Crippen LogP contribution >= 0.6 is 58.0 Å². The van der Waals surface area contributed by atoms with Crippen LogP contribution in [-0.4, -0.2) is 14.5 Å². The minimum atomic E-state index is -1.28. The van der Waals surface area contributed by atoms with Crippen LogP contribution in [0.4, 0.5) is 0 Å². The smallest absolute Gasteiger partial charge is 0.123 e. The van der Waals surface area contributed by atoms with E-state index < -0.39 is 8.67 Å². The zero-order valence-corrected chi connectivity index (χ0v) is 8.38. The van der Waals surface area contributed by atoms with Gasteiger partial charge in [-0.15, -0.1) is 11.6 Å². The molecule has 0 atom stereocenters. The molecule has 0 saturated carbocycles. The van der Waals surface area contributed by atoms with E-state index in [4.69, 9.17) is 58.0 Å². The molecule has 0 radical (unpaired) electrons. The lowest BCUT2D eigenvalue weighted by atomic mass is 10.3. The van der Waals surface area contributed by atoms with Crippen molar-refractivity contribution in [1.29, 1.82) is 0 Å². The molecule has 0 aromatic carbocycles. The second-order valence-corrected chi connectivity index (χ2v) is 5.18. The topological polar surface area (TPSA) is 0 Å². The van der Waals surface area contributed by atoms with Crippen LogP contribution in [0.25, 0.3) is 0 Å². The van der Waals surface area contributed by atoms with Gasteiger partial charge >= 0.3 is 0 Å².